The Bertz CT molecular complexity index is 495. The van der Waals surface area contributed by atoms with E-state index in [-0.39, 0.29) is 11.8 Å². The Morgan fingerprint density at radius 3 is 3.11 bits per heavy atom. The zero-order chi connectivity index (χ0) is 13.0. The van der Waals surface area contributed by atoms with Crippen molar-refractivity contribution in [3.63, 3.8) is 0 Å². The van der Waals surface area contributed by atoms with Gasteiger partial charge in [0.2, 0.25) is 5.91 Å². The van der Waals surface area contributed by atoms with E-state index in [1.807, 2.05) is 12.1 Å². The third-order valence-corrected chi connectivity index (χ3v) is 2.89. The molecule has 4 nitrogen and oxygen atoms in total. The van der Waals surface area contributed by atoms with Crippen molar-refractivity contribution in [2.75, 3.05) is 11.9 Å². The molecule has 2 amide bonds. The van der Waals surface area contributed by atoms with Gasteiger partial charge in [-0.05, 0) is 30.5 Å². The topological polar surface area (TPSA) is 58.2 Å². The molecule has 0 saturated carbocycles. The molecular formula is C14H16N2O2. The number of rotatable bonds is 4. The predicted molar refractivity (Wildman–Crippen MR) is 70.5 cm³/mol. The van der Waals surface area contributed by atoms with Crippen LogP contribution in [-0.4, -0.2) is 18.4 Å². The third-order valence-electron chi connectivity index (χ3n) is 2.89. The first kappa shape index (κ1) is 12.4. The fraction of sp³-hybridized carbons (Fsp3) is 0.286. The zero-order valence-corrected chi connectivity index (χ0v) is 10.2. The molecule has 0 spiro atoms. The molecule has 4 heteroatoms. The van der Waals surface area contributed by atoms with Crippen LogP contribution in [-0.2, 0) is 11.2 Å². The highest BCUT2D eigenvalue weighted by atomic mass is 16.2. The van der Waals surface area contributed by atoms with Crippen molar-refractivity contribution in [2.45, 2.75) is 19.3 Å². The number of fused-ring (bicyclic) bond motifs is 1. The van der Waals surface area contributed by atoms with Crippen LogP contribution in [0.5, 0.6) is 0 Å². The maximum absolute atomic E-state index is 11.7. The van der Waals surface area contributed by atoms with Crippen LogP contribution in [0.15, 0.2) is 30.9 Å². The quantitative estimate of drug-likeness (QED) is 0.794. The summed E-state index contributed by atoms with van der Waals surface area (Å²) in [5.41, 5.74) is 2.35. The van der Waals surface area contributed by atoms with Crippen molar-refractivity contribution in [3.05, 3.63) is 42.0 Å². The fourth-order valence-electron chi connectivity index (χ4n) is 1.95. The molecular weight excluding hydrogens is 228 g/mol. The molecule has 1 aliphatic heterocycles. The maximum atomic E-state index is 11.7. The summed E-state index contributed by atoms with van der Waals surface area (Å²) in [6.45, 7) is 4.25. The smallest absolute Gasteiger partial charge is 0.251 e. The second kappa shape index (κ2) is 5.49. The zero-order valence-electron chi connectivity index (χ0n) is 10.2. The second-order valence-electron chi connectivity index (χ2n) is 4.25. The molecule has 18 heavy (non-hydrogen) atoms. The number of allylic oxidation sites excluding steroid dienone is 1. The van der Waals surface area contributed by atoms with Crippen LogP contribution in [0.2, 0.25) is 0 Å². The molecule has 2 rings (SSSR count). The van der Waals surface area contributed by atoms with Crippen LogP contribution in [0.1, 0.15) is 28.8 Å². The van der Waals surface area contributed by atoms with E-state index in [0.29, 0.717) is 30.6 Å². The van der Waals surface area contributed by atoms with E-state index in [4.69, 9.17) is 0 Å². The lowest BCUT2D eigenvalue weighted by Crippen LogP contribution is -2.31. The number of hydrogen-bond acceptors (Lipinski definition) is 2. The molecule has 0 fully saturated rings. The Hall–Kier alpha value is -2.10. The summed E-state index contributed by atoms with van der Waals surface area (Å²) in [5, 5.41) is 5.57. The number of carbonyl (C=O) groups is 2. The van der Waals surface area contributed by atoms with Crippen LogP contribution < -0.4 is 10.6 Å². The van der Waals surface area contributed by atoms with Gasteiger partial charge in [-0.3, -0.25) is 9.59 Å². The van der Waals surface area contributed by atoms with Gasteiger partial charge in [0, 0.05) is 24.2 Å². The van der Waals surface area contributed by atoms with Gasteiger partial charge in [0.1, 0.15) is 0 Å². The Morgan fingerprint density at radius 1 is 1.50 bits per heavy atom. The van der Waals surface area contributed by atoms with Crippen LogP contribution in [0, 0.1) is 0 Å². The lowest BCUT2D eigenvalue weighted by atomic mass is 10.00. The van der Waals surface area contributed by atoms with Crippen LogP contribution in [0.25, 0.3) is 0 Å². The van der Waals surface area contributed by atoms with Crippen molar-refractivity contribution >= 4 is 17.5 Å². The number of carbonyl (C=O) groups excluding carboxylic acids is 2. The minimum absolute atomic E-state index is 0.0638. The molecule has 0 saturated heterocycles. The summed E-state index contributed by atoms with van der Waals surface area (Å²) in [6, 6.07) is 5.47. The molecule has 94 valence electrons. The Balaban J connectivity index is 2.11. The van der Waals surface area contributed by atoms with Crippen molar-refractivity contribution in [1.29, 1.82) is 0 Å². The van der Waals surface area contributed by atoms with Crippen molar-refractivity contribution in [2.24, 2.45) is 0 Å². The highest BCUT2D eigenvalue weighted by molar-refractivity contribution is 5.99. The standard InChI is InChI=1S/C14H16N2O2/c1-2-3-4-13(17)16-11-6-5-10-7-8-15-14(18)12(10)9-11/h2,5-6,9H,1,3-4,7-8H2,(H,15,18)(H,16,17). The molecule has 0 aliphatic carbocycles. The highest BCUT2D eigenvalue weighted by Gasteiger charge is 2.16. The van der Waals surface area contributed by atoms with Crippen LogP contribution in [0.4, 0.5) is 5.69 Å². The minimum atomic E-state index is -0.0709. The average Bonchev–Trinajstić information content (AvgIpc) is 2.37. The molecule has 1 aliphatic rings. The SMILES string of the molecule is C=CCCC(=O)Nc1ccc2c(c1)C(=O)NCC2. The summed E-state index contributed by atoms with van der Waals surface area (Å²) < 4.78 is 0. The van der Waals surface area contributed by atoms with E-state index in [1.54, 1.807) is 12.1 Å². The van der Waals surface area contributed by atoms with Gasteiger partial charge >= 0.3 is 0 Å². The van der Waals surface area contributed by atoms with E-state index in [1.165, 1.54) is 0 Å². The largest absolute Gasteiger partial charge is 0.352 e. The van der Waals surface area contributed by atoms with Crippen LogP contribution in [0.3, 0.4) is 0 Å². The third kappa shape index (κ3) is 2.77. The Labute approximate surface area is 106 Å². The van der Waals surface area contributed by atoms with Gasteiger partial charge in [-0.1, -0.05) is 12.1 Å². The van der Waals surface area contributed by atoms with Gasteiger partial charge < -0.3 is 10.6 Å². The lowest BCUT2D eigenvalue weighted by molar-refractivity contribution is -0.116. The molecule has 0 bridgehead atoms. The van der Waals surface area contributed by atoms with E-state index < -0.39 is 0 Å². The number of amides is 2. The van der Waals surface area contributed by atoms with E-state index in [9.17, 15) is 9.59 Å². The second-order valence-corrected chi connectivity index (χ2v) is 4.25. The lowest BCUT2D eigenvalue weighted by Gasteiger charge is -2.17. The monoisotopic (exact) mass is 244 g/mol. The number of hydrogen-bond donors (Lipinski definition) is 2. The summed E-state index contributed by atoms with van der Waals surface area (Å²) in [4.78, 5) is 23.2. The first-order valence-corrected chi connectivity index (χ1v) is 6.02. The average molecular weight is 244 g/mol. The maximum Gasteiger partial charge on any atom is 0.251 e. The van der Waals surface area contributed by atoms with Gasteiger partial charge in [-0.25, -0.2) is 0 Å². The van der Waals surface area contributed by atoms with Gasteiger partial charge in [-0.2, -0.15) is 0 Å². The van der Waals surface area contributed by atoms with Crippen molar-refractivity contribution < 1.29 is 9.59 Å². The summed E-state index contributed by atoms with van der Waals surface area (Å²) in [5.74, 6) is -0.135. The van der Waals surface area contributed by atoms with E-state index >= 15 is 0 Å². The van der Waals surface area contributed by atoms with E-state index in [0.717, 1.165) is 12.0 Å². The van der Waals surface area contributed by atoms with Crippen LogP contribution >= 0.6 is 0 Å². The summed E-state index contributed by atoms with van der Waals surface area (Å²) in [7, 11) is 0. The van der Waals surface area contributed by atoms with Gasteiger partial charge in [0.15, 0.2) is 0 Å². The number of nitrogens with one attached hydrogen (secondary N) is 2. The van der Waals surface area contributed by atoms with Crippen molar-refractivity contribution in [3.8, 4) is 0 Å². The molecule has 1 aromatic carbocycles. The number of benzene rings is 1. The summed E-state index contributed by atoms with van der Waals surface area (Å²) in [6.07, 6.45) is 3.61. The number of anilines is 1. The molecule has 0 unspecified atom stereocenters. The highest BCUT2D eigenvalue weighted by Crippen LogP contribution is 2.19. The minimum Gasteiger partial charge on any atom is -0.352 e. The molecule has 1 heterocycles. The molecule has 0 atom stereocenters. The predicted octanol–water partition coefficient (Wildman–Crippen LogP) is 1.88. The first-order chi connectivity index (χ1) is 8.70. The van der Waals surface area contributed by atoms with Gasteiger partial charge in [0.25, 0.3) is 5.91 Å². The van der Waals surface area contributed by atoms with E-state index in [2.05, 4.69) is 17.2 Å². The molecule has 1 aromatic rings. The Kier molecular flexibility index (Phi) is 3.77. The first-order valence-electron chi connectivity index (χ1n) is 6.02. The summed E-state index contributed by atoms with van der Waals surface area (Å²) >= 11 is 0. The molecule has 0 radical (unpaired) electrons. The van der Waals surface area contributed by atoms with Gasteiger partial charge in [-0.15, -0.1) is 6.58 Å². The van der Waals surface area contributed by atoms with Gasteiger partial charge in [0.05, 0.1) is 0 Å². The normalized spacial score (nSPS) is 13.4. The Morgan fingerprint density at radius 2 is 2.33 bits per heavy atom. The van der Waals surface area contributed by atoms with Crippen molar-refractivity contribution in [1.82, 2.24) is 5.32 Å². The molecule has 0 aromatic heterocycles. The molecule has 2 N–H and O–H groups in total. The fourth-order valence-corrected chi connectivity index (χ4v) is 1.95.